The quantitative estimate of drug-likeness (QED) is 0.131. The van der Waals surface area contributed by atoms with Crippen LogP contribution in [0.15, 0.2) is 71.9 Å². The predicted octanol–water partition coefficient (Wildman–Crippen LogP) is 4.18. The van der Waals surface area contributed by atoms with Crippen LogP contribution < -0.4 is 16.0 Å². The van der Waals surface area contributed by atoms with Gasteiger partial charge >= 0.3 is 11.9 Å². The van der Waals surface area contributed by atoms with E-state index in [1.807, 2.05) is 48.9 Å². The standard InChI is InChI=1S/C32H37N7O5/c1-5-8-30(41)44-21(2)36-31(33)22-10-13-24(14-11-22)35-20-28-37-25-19-23(12-15-26(25)38(28)3)32(42)39(18-16-29(40)43-4)27-9-6-7-17-34-27/h6-7,9-15,17,19,21,35H,5,8,16,18,20H2,1-4H3,(H2,33,36). The van der Waals surface area contributed by atoms with Gasteiger partial charge < -0.3 is 25.1 Å². The fraction of sp³-hybridized carbons (Fsp3) is 0.312. The summed E-state index contributed by atoms with van der Waals surface area (Å²) < 4.78 is 12.0. The average Bonchev–Trinajstić information content (AvgIpc) is 3.34. The van der Waals surface area contributed by atoms with E-state index in [0.717, 1.165) is 17.0 Å². The van der Waals surface area contributed by atoms with Gasteiger partial charge in [0.1, 0.15) is 17.5 Å². The molecule has 2 heterocycles. The Morgan fingerprint density at radius 2 is 1.80 bits per heavy atom. The van der Waals surface area contributed by atoms with Crippen LogP contribution in [0.4, 0.5) is 11.5 Å². The number of aryl methyl sites for hydroxylation is 1. The van der Waals surface area contributed by atoms with Gasteiger partial charge in [0.05, 0.1) is 31.1 Å². The predicted molar refractivity (Wildman–Crippen MR) is 168 cm³/mol. The maximum Gasteiger partial charge on any atom is 0.307 e. The molecule has 0 bridgehead atoms. The highest BCUT2D eigenvalue weighted by Gasteiger charge is 2.21. The summed E-state index contributed by atoms with van der Waals surface area (Å²) in [6.45, 7) is 4.14. The molecule has 0 radical (unpaired) electrons. The van der Waals surface area contributed by atoms with Crippen molar-refractivity contribution in [2.75, 3.05) is 23.9 Å². The Labute approximate surface area is 255 Å². The van der Waals surface area contributed by atoms with Crippen LogP contribution in [-0.2, 0) is 32.7 Å². The minimum atomic E-state index is -0.668. The molecule has 1 atom stereocenters. The summed E-state index contributed by atoms with van der Waals surface area (Å²) in [5, 5.41) is 3.36. The number of hydrogen-bond acceptors (Lipinski definition) is 9. The molecule has 12 nitrogen and oxygen atoms in total. The Morgan fingerprint density at radius 3 is 2.48 bits per heavy atom. The molecule has 230 valence electrons. The van der Waals surface area contributed by atoms with Crippen molar-refractivity contribution >= 4 is 46.2 Å². The third-order valence-electron chi connectivity index (χ3n) is 6.87. The second kappa shape index (κ2) is 14.8. The van der Waals surface area contributed by atoms with E-state index < -0.39 is 12.2 Å². The Balaban J connectivity index is 1.45. The van der Waals surface area contributed by atoms with Crippen molar-refractivity contribution < 1.29 is 23.9 Å². The number of benzene rings is 2. The van der Waals surface area contributed by atoms with Crippen LogP contribution in [0.25, 0.3) is 11.0 Å². The summed E-state index contributed by atoms with van der Waals surface area (Å²) in [5.41, 5.74) is 9.63. The second-order valence-corrected chi connectivity index (χ2v) is 10.0. The first kappa shape index (κ1) is 31.7. The third-order valence-corrected chi connectivity index (χ3v) is 6.87. The fourth-order valence-electron chi connectivity index (χ4n) is 4.53. The molecule has 0 saturated heterocycles. The van der Waals surface area contributed by atoms with Gasteiger partial charge in [0, 0.05) is 43.0 Å². The Morgan fingerprint density at radius 1 is 1.05 bits per heavy atom. The topological polar surface area (TPSA) is 154 Å². The van der Waals surface area contributed by atoms with Crippen molar-refractivity contribution in [3.05, 3.63) is 83.8 Å². The van der Waals surface area contributed by atoms with Gasteiger partial charge in [-0.3, -0.25) is 19.3 Å². The lowest BCUT2D eigenvalue weighted by atomic mass is 10.1. The van der Waals surface area contributed by atoms with E-state index >= 15 is 0 Å². The van der Waals surface area contributed by atoms with Crippen molar-refractivity contribution in [3.8, 4) is 0 Å². The summed E-state index contributed by atoms with van der Waals surface area (Å²) in [7, 11) is 3.23. The third kappa shape index (κ3) is 7.97. The molecular formula is C32H37N7O5. The number of rotatable bonds is 13. The molecule has 0 aliphatic heterocycles. The molecule has 0 spiro atoms. The van der Waals surface area contributed by atoms with Crippen molar-refractivity contribution in [2.45, 2.75) is 45.9 Å². The first-order chi connectivity index (χ1) is 21.2. The van der Waals surface area contributed by atoms with Crippen LogP contribution >= 0.6 is 0 Å². The molecule has 3 N–H and O–H groups in total. The summed E-state index contributed by atoms with van der Waals surface area (Å²) in [5.74, 6) is 0.475. The molecule has 12 heteroatoms. The summed E-state index contributed by atoms with van der Waals surface area (Å²) >= 11 is 0. The van der Waals surface area contributed by atoms with Crippen molar-refractivity contribution in [2.24, 2.45) is 17.8 Å². The van der Waals surface area contributed by atoms with Gasteiger partial charge in [-0.1, -0.05) is 13.0 Å². The number of imidazole rings is 1. The Hall–Kier alpha value is -5.26. The number of ether oxygens (including phenoxy) is 2. The highest BCUT2D eigenvalue weighted by Crippen LogP contribution is 2.21. The Kier molecular flexibility index (Phi) is 10.6. The number of aromatic nitrogens is 3. The SMILES string of the molecule is CCCC(=O)OC(C)/N=C(\N)c1ccc(NCc2nc3cc(C(=O)N(CCC(=O)OC)c4ccccn4)ccc3n2C)cc1. The number of amides is 1. The molecule has 0 fully saturated rings. The number of amidine groups is 1. The highest BCUT2D eigenvalue weighted by molar-refractivity contribution is 6.07. The van der Waals surface area contributed by atoms with E-state index in [2.05, 4.69) is 15.3 Å². The van der Waals surface area contributed by atoms with Crippen LogP contribution in [-0.4, -0.2) is 58.1 Å². The monoisotopic (exact) mass is 599 g/mol. The van der Waals surface area contributed by atoms with Crippen LogP contribution in [0.3, 0.4) is 0 Å². The van der Waals surface area contributed by atoms with Gasteiger partial charge in [0.2, 0.25) is 0 Å². The van der Waals surface area contributed by atoms with E-state index in [-0.39, 0.29) is 30.7 Å². The van der Waals surface area contributed by atoms with Crippen LogP contribution in [0, 0.1) is 0 Å². The lowest BCUT2D eigenvalue weighted by molar-refractivity contribution is -0.147. The van der Waals surface area contributed by atoms with Crippen molar-refractivity contribution in [1.82, 2.24) is 14.5 Å². The second-order valence-electron chi connectivity index (χ2n) is 10.0. The van der Waals surface area contributed by atoms with Crippen molar-refractivity contribution in [3.63, 3.8) is 0 Å². The van der Waals surface area contributed by atoms with Gasteiger partial charge in [-0.15, -0.1) is 0 Å². The number of esters is 2. The smallest absolute Gasteiger partial charge is 0.307 e. The number of aliphatic imine (C=N–C) groups is 1. The zero-order chi connectivity index (χ0) is 31.6. The normalized spacial score (nSPS) is 12.0. The molecule has 0 aliphatic carbocycles. The molecule has 2 aromatic heterocycles. The molecule has 4 aromatic rings. The Bertz CT molecular complexity index is 1630. The number of nitrogens with two attached hydrogens (primary N) is 1. The zero-order valence-corrected chi connectivity index (χ0v) is 25.3. The van der Waals surface area contributed by atoms with Gasteiger partial charge in [-0.25, -0.2) is 15.0 Å². The number of anilines is 2. The maximum atomic E-state index is 13.5. The molecule has 4 rings (SSSR count). The number of carbonyl (C=O) groups excluding carboxylic acids is 3. The largest absolute Gasteiger partial charge is 0.469 e. The minimum Gasteiger partial charge on any atom is -0.469 e. The lowest BCUT2D eigenvalue weighted by Gasteiger charge is -2.21. The highest BCUT2D eigenvalue weighted by atomic mass is 16.6. The number of pyridine rings is 1. The van der Waals surface area contributed by atoms with E-state index in [4.69, 9.17) is 20.2 Å². The fourth-order valence-corrected chi connectivity index (χ4v) is 4.53. The van der Waals surface area contributed by atoms with E-state index in [0.29, 0.717) is 41.8 Å². The van der Waals surface area contributed by atoms with Crippen LogP contribution in [0.2, 0.25) is 0 Å². The van der Waals surface area contributed by atoms with Crippen LogP contribution in [0.5, 0.6) is 0 Å². The molecule has 0 aliphatic rings. The number of nitrogens with one attached hydrogen (secondary N) is 1. The maximum absolute atomic E-state index is 13.5. The van der Waals surface area contributed by atoms with E-state index in [1.165, 1.54) is 12.0 Å². The van der Waals surface area contributed by atoms with Gasteiger partial charge in [0.15, 0.2) is 6.23 Å². The van der Waals surface area contributed by atoms with Gasteiger partial charge in [0.25, 0.3) is 5.91 Å². The molecule has 0 saturated carbocycles. The van der Waals surface area contributed by atoms with Gasteiger partial charge in [-0.05, 0) is 67.9 Å². The summed E-state index contributed by atoms with van der Waals surface area (Å²) in [6, 6.07) is 18.0. The van der Waals surface area contributed by atoms with E-state index in [1.54, 1.807) is 43.5 Å². The lowest BCUT2D eigenvalue weighted by Crippen LogP contribution is -2.33. The number of carbonyl (C=O) groups is 3. The number of methoxy groups -OCH3 is 1. The molecule has 2 aromatic carbocycles. The number of nitrogens with zero attached hydrogens (tertiary/aromatic N) is 5. The minimum absolute atomic E-state index is 0.0361. The molecule has 1 unspecified atom stereocenters. The van der Waals surface area contributed by atoms with Gasteiger partial charge in [-0.2, -0.15) is 0 Å². The molecule has 1 amide bonds. The zero-order valence-electron chi connectivity index (χ0n) is 25.3. The number of fused-ring (bicyclic) bond motifs is 1. The first-order valence-electron chi connectivity index (χ1n) is 14.3. The van der Waals surface area contributed by atoms with Crippen LogP contribution in [0.1, 0.15) is 54.9 Å². The average molecular weight is 600 g/mol. The molecular weight excluding hydrogens is 562 g/mol. The first-order valence-corrected chi connectivity index (χ1v) is 14.3. The van der Waals surface area contributed by atoms with E-state index in [9.17, 15) is 14.4 Å². The summed E-state index contributed by atoms with van der Waals surface area (Å²) in [4.78, 5) is 51.8. The number of hydrogen-bond donors (Lipinski definition) is 2. The molecule has 44 heavy (non-hydrogen) atoms. The van der Waals surface area contributed by atoms with Crippen molar-refractivity contribution in [1.29, 1.82) is 0 Å². The summed E-state index contributed by atoms with van der Waals surface area (Å²) in [6.07, 6.45) is 2.01.